The summed E-state index contributed by atoms with van der Waals surface area (Å²) < 4.78 is 42.2. The first-order valence-electron chi connectivity index (χ1n) is 2.53. The lowest BCUT2D eigenvalue weighted by Crippen LogP contribution is -1.89. The molecule has 0 rings (SSSR count). The summed E-state index contributed by atoms with van der Waals surface area (Å²) in [6.45, 7) is 0. The van der Waals surface area contributed by atoms with Crippen molar-refractivity contribution < 1.29 is 47.6 Å². The molecule has 0 unspecified atom stereocenters. The van der Waals surface area contributed by atoms with Crippen LogP contribution < -0.4 is 0 Å². The zero-order valence-corrected chi connectivity index (χ0v) is 9.68. The highest BCUT2D eigenvalue weighted by Gasteiger charge is 2.68. The lowest BCUT2D eigenvalue weighted by Gasteiger charge is -2.20. The zero-order valence-electron chi connectivity index (χ0n) is 6.11. The Hall–Kier alpha value is 0.680. The van der Waals surface area contributed by atoms with E-state index in [4.69, 9.17) is 29.4 Å². The van der Waals surface area contributed by atoms with Gasteiger partial charge in [-0.1, -0.05) is 0 Å². The average molecular weight is 290 g/mol. The predicted octanol–water partition coefficient (Wildman–Crippen LogP) is -0.372. The predicted molar refractivity (Wildman–Crippen MR) is 43.7 cm³/mol. The van der Waals surface area contributed by atoms with Crippen molar-refractivity contribution in [3.8, 4) is 0 Å². The Morgan fingerprint density at radius 2 is 0.643 bits per heavy atom. The fourth-order valence-electron chi connectivity index (χ4n) is 0.455. The Morgan fingerprint density at radius 1 is 0.500 bits per heavy atom. The standard InChI is InChI=1S/H6O10P4/c1-11(2,3)14(10,12(4,5)6)13(7,8)9/h(H2,1,2,3)(H2,4,5,6)(H2,7,8,9). The first kappa shape index (κ1) is 14.7. The molecule has 14 heavy (non-hydrogen) atoms. The molecular formula is H6O10P4. The summed E-state index contributed by atoms with van der Waals surface area (Å²) >= 11 is 0. The minimum Gasteiger partial charge on any atom is -0.318 e. The summed E-state index contributed by atoms with van der Waals surface area (Å²) in [5.41, 5.74) is 0. The molecule has 10 nitrogen and oxygen atoms in total. The summed E-state index contributed by atoms with van der Waals surface area (Å²) in [4.78, 5) is 49.6. The molecule has 0 amide bonds. The molecule has 0 aromatic heterocycles. The highest BCUT2D eigenvalue weighted by molar-refractivity contribution is 8.85. The van der Waals surface area contributed by atoms with Crippen molar-refractivity contribution in [3.05, 3.63) is 0 Å². The highest BCUT2D eigenvalue weighted by atomic mass is 32.8. The molecule has 0 aliphatic rings. The lowest BCUT2D eigenvalue weighted by atomic mass is 15.8. The maximum atomic E-state index is 11.0. The third-order valence-electron chi connectivity index (χ3n) is 1.02. The Bertz CT molecular complexity index is 334. The van der Waals surface area contributed by atoms with Gasteiger partial charge in [-0.3, -0.25) is 18.3 Å². The largest absolute Gasteiger partial charge is 0.405 e. The summed E-state index contributed by atoms with van der Waals surface area (Å²) in [5, 5.41) is 0. The Labute approximate surface area is 76.5 Å². The Kier molecular flexibility index (Phi) is 3.79. The summed E-state index contributed by atoms with van der Waals surface area (Å²) in [7, 11) is -18.3. The van der Waals surface area contributed by atoms with Gasteiger partial charge in [-0.05, 0) is 0 Å². The highest BCUT2D eigenvalue weighted by Crippen LogP contribution is 3.08. The molecular weight excluding hydrogens is 284 g/mol. The molecule has 0 radical (unpaired) electrons. The molecule has 0 atom stereocenters. The van der Waals surface area contributed by atoms with Crippen LogP contribution in [-0.4, -0.2) is 29.4 Å². The molecule has 0 aliphatic carbocycles. The zero-order chi connectivity index (χ0) is 12.0. The number of hydrogen-bond donors (Lipinski definition) is 6. The van der Waals surface area contributed by atoms with Crippen LogP contribution in [-0.2, 0) is 18.3 Å². The normalized spacial score (nSPS) is 15.6. The van der Waals surface area contributed by atoms with E-state index in [2.05, 4.69) is 0 Å². The molecule has 86 valence electrons. The van der Waals surface area contributed by atoms with Crippen LogP contribution in [0.1, 0.15) is 0 Å². The monoisotopic (exact) mass is 290 g/mol. The smallest absolute Gasteiger partial charge is 0.318 e. The van der Waals surface area contributed by atoms with Crippen molar-refractivity contribution in [1.82, 2.24) is 0 Å². The first-order valence-corrected chi connectivity index (χ1v) is 11.2. The van der Waals surface area contributed by atoms with Crippen LogP contribution >= 0.6 is 28.1 Å². The summed E-state index contributed by atoms with van der Waals surface area (Å²) in [6.07, 6.45) is -6.27. The maximum absolute atomic E-state index is 11.0. The van der Waals surface area contributed by atoms with E-state index in [1.54, 1.807) is 0 Å². The van der Waals surface area contributed by atoms with Crippen LogP contribution in [0.3, 0.4) is 0 Å². The molecule has 0 aromatic rings. The van der Waals surface area contributed by atoms with Gasteiger partial charge in [-0.15, -0.1) is 0 Å². The van der Waals surface area contributed by atoms with Gasteiger partial charge in [0.1, 0.15) is 0 Å². The van der Waals surface area contributed by atoms with Gasteiger partial charge in [0.2, 0.25) is 0 Å². The van der Waals surface area contributed by atoms with Gasteiger partial charge in [-0.2, -0.15) is 0 Å². The van der Waals surface area contributed by atoms with Crippen LogP contribution in [0.2, 0.25) is 0 Å². The van der Waals surface area contributed by atoms with Crippen molar-refractivity contribution >= 4 is 28.1 Å². The molecule has 6 N–H and O–H groups in total. The quantitative estimate of drug-likeness (QED) is 0.373. The molecule has 0 bridgehead atoms. The SMILES string of the molecule is O=P(O)(O)P(=O)(P(=O)(O)O)P(=O)(O)O. The van der Waals surface area contributed by atoms with Crippen molar-refractivity contribution in [2.75, 3.05) is 0 Å². The first-order chi connectivity index (χ1) is 5.75. The van der Waals surface area contributed by atoms with Gasteiger partial charge in [0.15, 0.2) is 0 Å². The Morgan fingerprint density at radius 3 is 0.643 bits per heavy atom. The van der Waals surface area contributed by atoms with Gasteiger partial charge >= 0.3 is 28.1 Å². The minimum absolute atomic E-state index is 6.10. The van der Waals surface area contributed by atoms with Crippen LogP contribution in [0, 0.1) is 0 Å². The second-order valence-corrected chi connectivity index (χ2v) is 18.8. The Balaban J connectivity index is 6.11. The molecule has 14 heteroatoms. The molecule has 0 saturated heterocycles. The van der Waals surface area contributed by atoms with Gasteiger partial charge in [-0.25, -0.2) is 0 Å². The van der Waals surface area contributed by atoms with Gasteiger partial charge < -0.3 is 29.4 Å². The van der Waals surface area contributed by atoms with Crippen molar-refractivity contribution in [1.29, 1.82) is 0 Å². The fourth-order valence-corrected chi connectivity index (χ4v) is 12.3. The lowest BCUT2D eigenvalue weighted by molar-refractivity contribution is 0.373. The third kappa shape index (κ3) is 2.26. The third-order valence-corrected chi connectivity index (χ3v) is 21.7. The topological polar surface area (TPSA) is 190 Å². The van der Waals surface area contributed by atoms with Crippen LogP contribution in [0.4, 0.5) is 0 Å². The fraction of sp³-hybridized carbons (Fsp3) is 0. The van der Waals surface area contributed by atoms with E-state index in [-0.39, 0.29) is 0 Å². The summed E-state index contributed by atoms with van der Waals surface area (Å²) in [5.74, 6) is 0. The van der Waals surface area contributed by atoms with E-state index in [1.165, 1.54) is 0 Å². The molecule has 0 aromatic carbocycles. The molecule has 0 spiro atoms. The van der Waals surface area contributed by atoms with E-state index >= 15 is 0 Å². The second-order valence-electron chi connectivity index (χ2n) is 2.05. The number of hydrogen-bond acceptors (Lipinski definition) is 4. The van der Waals surface area contributed by atoms with E-state index in [0.717, 1.165) is 0 Å². The number of rotatable bonds is 3. The average Bonchev–Trinajstić information content (AvgIpc) is 1.77. The van der Waals surface area contributed by atoms with E-state index in [0.29, 0.717) is 0 Å². The van der Waals surface area contributed by atoms with Crippen LogP contribution in [0.25, 0.3) is 0 Å². The van der Waals surface area contributed by atoms with Gasteiger partial charge in [0, 0.05) is 0 Å². The van der Waals surface area contributed by atoms with Crippen molar-refractivity contribution in [3.63, 3.8) is 0 Å². The van der Waals surface area contributed by atoms with E-state index in [1.807, 2.05) is 0 Å². The maximum Gasteiger partial charge on any atom is 0.405 e. The minimum atomic E-state index is -6.27. The molecule has 0 heterocycles. The molecule has 0 saturated carbocycles. The summed E-state index contributed by atoms with van der Waals surface area (Å²) in [6, 6.07) is 0. The molecule has 0 fully saturated rings. The van der Waals surface area contributed by atoms with Gasteiger partial charge in [0.05, 0.1) is 0 Å². The van der Waals surface area contributed by atoms with Crippen LogP contribution in [0.5, 0.6) is 0 Å². The molecule has 0 aliphatic heterocycles. The van der Waals surface area contributed by atoms with Crippen molar-refractivity contribution in [2.24, 2.45) is 0 Å². The van der Waals surface area contributed by atoms with Gasteiger partial charge in [0.25, 0.3) is 0 Å². The second kappa shape index (κ2) is 3.61. The van der Waals surface area contributed by atoms with E-state index in [9.17, 15) is 18.3 Å². The van der Waals surface area contributed by atoms with E-state index < -0.39 is 28.1 Å². The van der Waals surface area contributed by atoms with Crippen LogP contribution in [0.15, 0.2) is 0 Å². The van der Waals surface area contributed by atoms with Crippen molar-refractivity contribution in [2.45, 2.75) is 0 Å².